The largest absolute Gasteiger partial charge is 0.496 e. The van der Waals surface area contributed by atoms with Crippen LogP contribution >= 0.6 is 43.5 Å². The van der Waals surface area contributed by atoms with Crippen LogP contribution in [0.4, 0.5) is 5.69 Å². The van der Waals surface area contributed by atoms with Gasteiger partial charge in [-0.25, -0.2) is 9.64 Å². The van der Waals surface area contributed by atoms with Crippen molar-refractivity contribution < 1.29 is 14.3 Å². The fourth-order valence-electron chi connectivity index (χ4n) is 1.97. The normalized spacial score (nSPS) is 10.1. The Morgan fingerprint density at radius 2 is 1.83 bits per heavy atom. The van der Waals surface area contributed by atoms with Gasteiger partial charge in [0, 0.05) is 0 Å². The Morgan fingerprint density at radius 1 is 1.22 bits per heavy atom. The van der Waals surface area contributed by atoms with Crippen LogP contribution in [0, 0.1) is 13.5 Å². The number of rotatable bonds is 3. The molecule has 0 heterocycles. The summed E-state index contributed by atoms with van der Waals surface area (Å²) in [4.78, 5) is 15.9. The molecule has 0 saturated heterocycles. The first-order valence-corrected chi connectivity index (χ1v) is 8.27. The number of halogens is 3. The van der Waals surface area contributed by atoms with Crippen molar-refractivity contribution in [2.45, 2.75) is 6.92 Å². The predicted molar refractivity (Wildman–Crippen MR) is 95.8 cm³/mol. The maximum atomic E-state index is 12.5. The van der Waals surface area contributed by atoms with Gasteiger partial charge in [0.15, 0.2) is 11.4 Å². The number of benzene rings is 2. The summed E-state index contributed by atoms with van der Waals surface area (Å²) in [6.45, 7) is 8.84. The van der Waals surface area contributed by atoms with Crippen LogP contribution in [-0.4, -0.2) is 13.1 Å². The average Bonchev–Trinajstić information content (AvgIpc) is 2.52. The smallest absolute Gasteiger partial charge is 0.348 e. The van der Waals surface area contributed by atoms with Gasteiger partial charge in [0.05, 0.1) is 27.7 Å². The summed E-state index contributed by atoms with van der Waals surface area (Å²) in [5.41, 5.74) is 1.34. The fraction of sp³-hybridized carbons (Fsp3) is 0.125. The Bertz CT molecular complexity index is 808. The van der Waals surface area contributed by atoms with Gasteiger partial charge in [-0.05, 0) is 62.5 Å². The zero-order chi connectivity index (χ0) is 17.1. The van der Waals surface area contributed by atoms with E-state index in [1.165, 1.54) is 7.11 Å². The molecule has 0 saturated carbocycles. The monoisotopic (exact) mass is 457 g/mol. The van der Waals surface area contributed by atoms with Gasteiger partial charge in [-0.3, -0.25) is 0 Å². The van der Waals surface area contributed by atoms with E-state index in [0.717, 1.165) is 5.56 Å². The molecule has 118 valence electrons. The number of esters is 1. The summed E-state index contributed by atoms with van der Waals surface area (Å²) < 4.78 is 11.7. The van der Waals surface area contributed by atoms with Gasteiger partial charge in [-0.1, -0.05) is 17.7 Å². The molecule has 0 aliphatic heterocycles. The minimum atomic E-state index is -0.646. The molecular weight excluding hydrogens is 449 g/mol. The van der Waals surface area contributed by atoms with Crippen LogP contribution in [0.15, 0.2) is 33.2 Å². The molecule has 0 aliphatic carbocycles. The third kappa shape index (κ3) is 3.69. The van der Waals surface area contributed by atoms with Gasteiger partial charge in [-0.15, -0.1) is 0 Å². The molecule has 2 aromatic rings. The lowest BCUT2D eigenvalue weighted by atomic mass is 10.1. The third-order valence-corrected chi connectivity index (χ3v) is 4.51. The summed E-state index contributed by atoms with van der Waals surface area (Å²) >= 11 is 12.7. The minimum Gasteiger partial charge on any atom is -0.496 e. The van der Waals surface area contributed by atoms with Crippen LogP contribution in [0.3, 0.4) is 0 Å². The maximum absolute atomic E-state index is 12.5. The van der Waals surface area contributed by atoms with E-state index in [2.05, 4.69) is 36.7 Å². The topological polar surface area (TPSA) is 39.9 Å². The van der Waals surface area contributed by atoms with Gasteiger partial charge in [0.2, 0.25) is 0 Å². The quantitative estimate of drug-likeness (QED) is 0.323. The molecule has 7 heteroatoms. The van der Waals surface area contributed by atoms with E-state index in [1.54, 1.807) is 24.3 Å². The Morgan fingerprint density at radius 3 is 2.35 bits per heavy atom. The second-order valence-corrected chi connectivity index (χ2v) is 6.63. The molecule has 23 heavy (non-hydrogen) atoms. The van der Waals surface area contributed by atoms with E-state index in [4.69, 9.17) is 27.6 Å². The highest BCUT2D eigenvalue weighted by Gasteiger charge is 2.22. The minimum absolute atomic E-state index is 0.155. The van der Waals surface area contributed by atoms with E-state index in [-0.39, 0.29) is 16.3 Å². The highest BCUT2D eigenvalue weighted by atomic mass is 79.9. The molecule has 0 radical (unpaired) electrons. The van der Waals surface area contributed by atoms with E-state index in [9.17, 15) is 4.79 Å². The summed E-state index contributed by atoms with van der Waals surface area (Å²) in [5, 5.41) is 0.238. The molecule has 4 nitrogen and oxygen atoms in total. The number of hydrogen-bond donors (Lipinski definition) is 0. The van der Waals surface area contributed by atoms with Crippen molar-refractivity contribution in [1.29, 1.82) is 0 Å². The molecule has 0 aliphatic rings. The Balaban J connectivity index is 2.46. The number of methoxy groups -OCH3 is 1. The average molecular weight is 460 g/mol. The molecule has 2 rings (SSSR count). The first-order valence-electron chi connectivity index (χ1n) is 6.30. The lowest BCUT2D eigenvalue weighted by Gasteiger charge is -2.14. The van der Waals surface area contributed by atoms with E-state index < -0.39 is 5.97 Å². The first kappa shape index (κ1) is 17.8. The van der Waals surface area contributed by atoms with Crippen LogP contribution in [0.25, 0.3) is 4.85 Å². The standard InChI is InChI=1S/C16H10Br2ClNO3/c1-8-4-5-12(19)13(14(8)22-3)16(21)23-15-10(17)6-9(20-2)7-11(15)18/h4-7H,1,3H3. The summed E-state index contributed by atoms with van der Waals surface area (Å²) in [5.74, 6) is -0.0120. The number of hydrogen-bond acceptors (Lipinski definition) is 3. The van der Waals surface area contributed by atoms with Crippen LogP contribution < -0.4 is 9.47 Å². The van der Waals surface area contributed by atoms with Crippen molar-refractivity contribution in [3.05, 3.63) is 60.8 Å². The zero-order valence-corrected chi connectivity index (χ0v) is 16.0. The second-order valence-electron chi connectivity index (χ2n) is 4.51. The Kier molecular flexibility index (Phi) is 5.69. The van der Waals surface area contributed by atoms with Gasteiger partial charge >= 0.3 is 5.97 Å². The van der Waals surface area contributed by atoms with Crippen molar-refractivity contribution >= 4 is 55.1 Å². The molecule has 0 N–H and O–H groups in total. The number of ether oxygens (including phenoxy) is 2. The van der Waals surface area contributed by atoms with Crippen molar-refractivity contribution in [2.75, 3.05) is 7.11 Å². The summed E-state index contributed by atoms with van der Waals surface area (Å²) in [6, 6.07) is 6.50. The molecule has 0 bridgehead atoms. The highest BCUT2D eigenvalue weighted by molar-refractivity contribution is 9.11. The van der Waals surface area contributed by atoms with Crippen LogP contribution in [-0.2, 0) is 0 Å². The van der Waals surface area contributed by atoms with Crippen molar-refractivity contribution in [3.8, 4) is 11.5 Å². The Labute approximate surface area is 155 Å². The van der Waals surface area contributed by atoms with Gasteiger partial charge in [-0.2, -0.15) is 0 Å². The van der Waals surface area contributed by atoms with E-state index in [0.29, 0.717) is 20.4 Å². The second kappa shape index (κ2) is 7.35. The third-order valence-electron chi connectivity index (χ3n) is 3.02. The predicted octanol–water partition coefficient (Wildman–Crippen LogP) is 5.95. The fourth-order valence-corrected chi connectivity index (χ4v) is 3.52. The van der Waals surface area contributed by atoms with Gasteiger partial charge in [0.25, 0.3) is 0 Å². The molecular formula is C16H10Br2ClNO3. The van der Waals surface area contributed by atoms with Crippen LogP contribution in [0.1, 0.15) is 15.9 Å². The number of nitrogens with zero attached hydrogens (tertiary/aromatic N) is 1. The highest BCUT2D eigenvalue weighted by Crippen LogP contribution is 2.39. The lowest BCUT2D eigenvalue weighted by Crippen LogP contribution is -2.12. The molecule has 0 unspecified atom stereocenters. The molecule has 0 spiro atoms. The van der Waals surface area contributed by atoms with Crippen LogP contribution in [0.5, 0.6) is 11.5 Å². The van der Waals surface area contributed by atoms with E-state index in [1.807, 2.05) is 6.92 Å². The van der Waals surface area contributed by atoms with Gasteiger partial charge < -0.3 is 9.47 Å². The van der Waals surface area contributed by atoms with Crippen molar-refractivity contribution in [2.24, 2.45) is 0 Å². The molecule has 0 fully saturated rings. The van der Waals surface area contributed by atoms with E-state index >= 15 is 0 Å². The SMILES string of the molecule is [C-]#[N+]c1cc(Br)c(OC(=O)c2c(Cl)ccc(C)c2OC)c(Br)c1. The maximum Gasteiger partial charge on any atom is 0.348 e. The van der Waals surface area contributed by atoms with Gasteiger partial charge in [0.1, 0.15) is 11.3 Å². The Hall–Kier alpha value is -1.55. The molecule has 2 aromatic carbocycles. The summed E-state index contributed by atoms with van der Waals surface area (Å²) in [7, 11) is 1.46. The lowest BCUT2D eigenvalue weighted by molar-refractivity contribution is 0.0729. The van der Waals surface area contributed by atoms with Crippen LogP contribution in [0.2, 0.25) is 5.02 Å². The number of carbonyl (C=O) groups excluding carboxylic acids is 1. The zero-order valence-electron chi connectivity index (χ0n) is 12.1. The molecule has 0 amide bonds. The van der Waals surface area contributed by atoms with Crippen molar-refractivity contribution in [1.82, 2.24) is 0 Å². The molecule has 0 atom stereocenters. The first-order chi connectivity index (χ1) is 10.9. The number of carbonyl (C=O) groups is 1. The summed E-state index contributed by atoms with van der Waals surface area (Å²) in [6.07, 6.45) is 0. The molecule has 0 aromatic heterocycles. The number of aryl methyl sites for hydroxylation is 1. The van der Waals surface area contributed by atoms with Crippen molar-refractivity contribution in [3.63, 3.8) is 0 Å².